The number of carbonyl (C=O) groups is 1. The average molecular weight is 268 g/mol. The first-order valence-electron chi connectivity index (χ1n) is 7.21. The van der Waals surface area contributed by atoms with Gasteiger partial charge in [-0.1, -0.05) is 36.8 Å². The lowest BCUT2D eigenvalue weighted by molar-refractivity contribution is -0.133. The standard InChI is InChI=1S/C17H20N2O/c1-3-16(20)19-11-10-18-9-5-8-15(18)17(19)14-7-4-6-13(2)12-14/h4-9,12,17H,3,10-11H2,1-2H3/t17-/m0/s1. The van der Waals surface area contributed by atoms with E-state index in [2.05, 4.69) is 54.1 Å². The molecular formula is C17H20N2O. The highest BCUT2D eigenvalue weighted by molar-refractivity contribution is 5.77. The van der Waals surface area contributed by atoms with E-state index in [0.717, 1.165) is 13.1 Å². The maximum absolute atomic E-state index is 12.3. The van der Waals surface area contributed by atoms with Crippen molar-refractivity contribution in [3.8, 4) is 0 Å². The van der Waals surface area contributed by atoms with Crippen molar-refractivity contribution in [2.75, 3.05) is 6.54 Å². The average Bonchev–Trinajstić information content (AvgIpc) is 2.93. The van der Waals surface area contributed by atoms with Crippen LogP contribution in [0, 0.1) is 6.92 Å². The van der Waals surface area contributed by atoms with E-state index in [1.54, 1.807) is 0 Å². The normalized spacial score (nSPS) is 17.9. The number of aromatic nitrogens is 1. The molecule has 0 radical (unpaired) electrons. The Hall–Kier alpha value is -2.03. The number of amides is 1. The van der Waals surface area contributed by atoms with Crippen molar-refractivity contribution in [1.29, 1.82) is 0 Å². The zero-order valence-electron chi connectivity index (χ0n) is 12.0. The minimum atomic E-state index is 0.0473. The van der Waals surface area contributed by atoms with Crippen LogP contribution in [-0.4, -0.2) is 21.9 Å². The fourth-order valence-electron chi connectivity index (χ4n) is 3.05. The van der Waals surface area contributed by atoms with Crippen LogP contribution in [-0.2, 0) is 11.3 Å². The number of hydrogen-bond acceptors (Lipinski definition) is 1. The van der Waals surface area contributed by atoms with Gasteiger partial charge in [0.15, 0.2) is 0 Å². The van der Waals surface area contributed by atoms with Gasteiger partial charge in [0, 0.05) is 31.4 Å². The fourth-order valence-corrected chi connectivity index (χ4v) is 3.05. The Balaban J connectivity index is 2.09. The first kappa shape index (κ1) is 13.0. The molecule has 2 aromatic rings. The molecule has 1 aliphatic rings. The maximum Gasteiger partial charge on any atom is 0.223 e. The highest BCUT2D eigenvalue weighted by Gasteiger charge is 2.31. The predicted molar refractivity (Wildman–Crippen MR) is 79.5 cm³/mol. The first-order valence-corrected chi connectivity index (χ1v) is 7.21. The second kappa shape index (κ2) is 5.16. The molecule has 0 bridgehead atoms. The second-order valence-electron chi connectivity index (χ2n) is 5.38. The SMILES string of the molecule is CCC(=O)N1CCn2cccc2[C@@H]1c1cccc(C)c1. The molecule has 1 atom stereocenters. The van der Waals surface area contributed by atoms with Crippen LogP contribution in [0.15, 0.2) is 42.6 Å². The number of rotatable bonds is 2. The van der Waals surface area contributed by atoms with E-state index >= 15 is 0 Å². The van der Waals surface area contributed by atoms with Gasteiger partial charge < -0.3 is 9.47 Å². The summed E-state index contributed by atoms with van der Waals surface area (Å²) in [6.07, 6.45) is 2.66. The smallest absolute Gasteiger partial charge is 0.223 e. The Bertz CT molecular complexity index is 629. The molecule has 1 aliphatic heterocycles. The second-order valence-corrected chi connectivity index (χ2v) is 5.38. The van der Waals surface area contributed by atoms with E-state index in [-0.39, 0.29) is 11.9 Å². The third-order valence-corrected chi connectivity index (χ3v) is 4.02. The highest BCUT2D eigenvalue weighted by atomic mass is 16.2. The van der Waals surface area contributed by atoms with Crippen LogP contribution in [0.5, 0.6) is 0 Å². The highest BCUT2D eigenvalue weighted by Crippen LogP contribution is 2.33. The van der Waals surface area contributed by atoms with Gasteiger partial charge in [0.1, 0.15) is 0 Å². The number of aryl methyl sites for hydroxylation is 1. The van der Waals surface area contributed by atoms with Crippen molar-refractivity contribution in [1.82, 2.24) is 9.47 Å². The van der Waals surface area contributed by atoms with Gasteiger partial charge >= 0.3 is 0 Å². The van der Waals surface area contributed by atoms with E-state index in [0.29, 0.717) is 6.42 Å². The summed E-state index contributed by atoms with van der Waals surface area (Å²) in [5.41, 5.74) is 3.64. The Morgan fingerprint density at radius 2 is 2.10 bits per heavy atom. The van der Waals surface area contributed by atoms with Crippen LogP contribution < -0.4 is 0 Å². The third-order valence-electron chi connectivity index (χ3n) is 4.02. The Labute approximate surface area is 119 Å². The Morgan fingerprint density at radius 1 is 1.25 bits per heavy atom. The molecule has 0 saturated carbocycles. The van der Waals surface area contributed by atoms with Gasteiger partial charge in [0.2, 0.25) is 5.91 Å². The summed E-state index contributed by atoms with van der Waals surface area (Å²) in [5, 5.41) is 0. The summed E-state index contributed by atoms with van der Waals surface area (Å²) in [7, 11) is 0. The summed E-state index contributed by atoms with van der Waals surface area (Å²) in [4.78, 5) is 14.3. The summed E-state index contributed by atoms with van der Waals surface area (Å²) in [6, 6.07) is 12.7. The van der Waals surface area contributed by atoms with Crippen LogP contribution in [0.1, 0.15) is 36.2 Å². The molecule has 104 valence electrons. The van der Waals surface area contributed by atoms with Crippen molar-refractivity contribution in [2.24, 2.45) is 0 Å². The maximum atomic E-state index is 12.3. The summed E-state index contributed by atoms with van der Waals surface area (Å²) < 4.78 is 2.26. The lowest BCUT2D eigenvalue weighted by Gasteiger charge is -2.37. The molecule has 0 saturated heterocycles. The summed E-state index contributed by atoms with van der Waals surface area (Å²) >= 11 is 0. The molecule has 3 rings (SSSR count). The molecule has 0 aliphatic carbocycles. The largest absolute Gasteiger partial charge is 0.348 e. The van der Waals surface area contributed by atoms with Crippen molar-refractivity contribution in [3.63, 3.8) is 0 Å². The van der Waals surface area contributed by atoms with Crippen LogP contribution in [0.4, 0.5) is 0 Å². The van der Waals surface area contributed by atoms with E-state index in [1.165, 1.54) is 16.8 Å². The van der Waals surface area contributed by atoms with E-state index in [9.17, 15) is 4.79 Å². The number of fused-ring (bicyclic) bond motifs is 1. The van der Waals surface area contributed by atoms with Crippen LogP contribution in [0.2, 0.25) is 0 Å². The van der Waals surface area contributed by atoms with E-state index in [4.69, 9.17) is 0 Å². The number of carbonyl (C=O) groups excluding carboxylic acids is 1. The molecule has 3 nitrogen and oxygen atoms in total. The van der Waals surface area contributed by atoms with Gasteiger partial charge in [0.05, 0.1) is 6.04 Å². The number of nitrogens with zero attached hydrogens (tertiary/aromatic N) is 2. The molecule has 20 heavy (non-hydrogen) atoms. The lowest BCUT2D eigenvalue weighted by atomic mass is 9.98. The summed E-state index contributed by atoms with van der Waals surface area (Å²) in [5.74, 6) is 0.226. The topological polar surface area (TPSA) is 25.2 Å². The molecule has 1 aromatic heterocycles. The van der Waals surface area contributed by atoms with E-state index in [1.807, 2.05) is 11.8 Å². The lowest BCUT2D eigenvalue weighted by Crippen LogP contribution is -2.42. The van der Waals surface area contributed by atoms with Crippen molar-refractivity contribution in [3.05, 3.63) is 59.4 Å². The predicted octanol–water partition coefficient (Wildman–Crippen LogP) is 3.14. The third kappa shape index (κ3) is 2.13. The molecule has 0 fully saturated rings. The zero-order valence-corrected chi connectivity index (χ0v) is 12.0. The Morgan fingerprint density at radius 3 is 2.85 bits per heavy atom. The number of benzene rings is 1. The molecule has 0 N–H and O–H groups in total. The molecule has 0 unspecified atom stereocenters. The monoisotopic (exact) mass is 268 g/mol. The van der Waals surface area contributed by atoms with Crippen LogP contribution in [0.3, 0.4) is 0 Å². The molecule has 1 aromatic carbocycles. The molecular weight excluding hydrogens is 248 g/mol. The van der Waals surface area contributed by atoms with Gasteiger partial charge in [-0.25, -0.2) is 0 Å². The van der Waals surface area contributed by atoms with Crippen molar-refractivity contribution >= 4 is 5.91 Å². The van der Waals surface area contributed by atoms with Gasteiger partial charge in [-0.15, -0.1) is 0 Å². The molecule has 1 amide bonds. The van der Waals surface area contributed by atoms with Crippen LogP contribution >= 0.6 is 0 Å². The van der Waals surface area contributed by atoms with Crippen molar-refractivity contribution in [2.45, 2.75) is 32.9 Å². The van der Waals surface area contributed by atoms with Crippen molar-refractivity contribution < 1.29 is 4.79 Å². The minimum Gasteiger partial charge on any atom is -0.348 e. The first-order chi connectivity index (χ1) is 9.70. The number of hydrogen-bond donors (Lipinski definition) is 0. The fraction of sp³-hybridized carbons (Fsp3) is 0.353. The van der Waals surface area contributed by atoms with Gasteiger partial charge in [-0.3, -0.25) is 4.79 Å². The van der Waals surface area contributed by atoms with Gasteiger partial charge in [0.25, 0.3) is 0 Å². The molecule has 2 heterocycles. The molecule has 0 spiro atoms. The zero-order chi connectivity index (χ0) is 14.1. The Kier molecular flexibility index (Phi) is 3.35. The minimum absolute atomic E-state index is 0.0473. The van der Waals surface area contributed by atoms with Gasteiger partial charge in [-0.2, -0.15) is 0 Å². The molecule has 3 heteroatoms. The van der Waals surface area contributed by atoms with Crippen LogP contribution in [0.25, 0.3) is 0 Å². The van der Waals surface area contributed by atoms with E-state index < -0.39 is 0 Å². The summed E-state index contributed by atoms with van der Waals surface area (Å²) in [6.45, 7) is 5.70. The quantitative estimate of drug-likeness (QED) is 0.821. The van der Waals surface area contributed by atoms with Gasteiger partial charge in [-0.05, 0) is 24.6 Å².